The van der Waals surface area contributed by atoms with Gasteiger partial charge in [-0.05, 0) is 80.4 Å². The average Bonchev–Trinajstić information content (AvgIpc) is 3.98. The van der Waals surface area contributed by atoms with Crippen molar-refractivity contribution in [1.82, 2.24) is 36.8 Å². The van der Waals surface area contributed by atoms with Gasteiger partial charge < -0.3 is 46.3 Å². The molecular formula is C47H69N7O9. The molecule has 0 bridgehead atoms. The third kappa shape index (κ3) is 17.0. The van der Waals surface area contributed by atoms with Crippen LogP contribution in [0.15, 0.2) is 60.7 Å². The number of rotatable bonds is 24. The van der Waals surface area contributed by atoms with E-state index >= 15 is 0 Å². The van der Waals surface area contributed by atoms with Gasteiger partial charge in [-0.3, -0.25) is 28.8 Å². The van der Waals surface area contributed by atoms with Gasteiger partial charge in [-0.1, -0.05) is 102 Å². The van der Waals surface area contributed by atoms with Crippen LogP contribution >= 0.6 is 0 Å². The number of nitrogens with one attached hydrogen (secondary N) is 6. The Morgan fingerprint density at radius 2 is 1.22 bits per heavy atom. The number of ether oxygens (including phenoxy) is 2. The van der Waals surface area contributed by atoms with Crippen molar-refractivity contribution in [2.45, 2.75) is 136 Å². The molecular weight excluding hydrogens is 807 g/mol. The lowest BCUT2D eigenvalue weighted by Gasteiger charge is -2.31. The second-order valence-electron chi connectivity index (χ2n) is 17.8. The topological polar surface area (TPSA) is 213 Å². The summed E-state index contributed by atoms with van der Waals surface area (Å²) in [6.07, 6.45) is 3.24. The Morgan fingerprint density at radius 1 is 0.651 bits per heavy atom. The number of esters is 1. The molecule has 0 aliphatic carbocycles. The molecule has 16 heteroatoms. The molecule has 2 aliphatic rings. The zero-order valence-corrected chi connectivity index (χ0v) is 37.8. The van der Waals surface area contributed by atoms with Gasteiger partial charge in [0, 0.05) is 6.54 Å². The highest BCUT2D eigenvalue weighted by atomic mass is 16.5. The number of carbonyl (C=O) groups excluding carboxylic acids is 7. The Bertz CT molecular complexity index is 1800. The molecule has 6 N–H and O–H groups in total. The number of likely N-dealkylation sites (tertiary alicyclic amines) is 1. The monoisotopic (exact) mass is 876 g/mol. The first-order valence-corrected chi connectivity index (χ1v) is 22.4. The highest BCUT2D eigenvalue weighted by Gasteiger charge is 2.40. The second kappa shape index (κ2) is 25.7. The summed E-state index contributed by atoms with van der Waals surface area (Å²) >= 11 is 0. The van der Waals surface area contributed by atoms with Crippen LogP contribution in [-0.2, 0) is 56.2 Å². The normalized spacial score (nSPS) is 18.0. The first-order valence-electron chi connectivity index (χ1n) is 22.4. The van der Waals surface area contributed by atoms with Gasteiger partial charge in [-0.25, -0.2) is 4.79 Å². The largest absolute Gasteiger partial charge is 0.459 e. The van der Waals surface area contributed by atoms with Gasteiger partial charge in [0.2, 0.25) is 35.4 Å². The Hall–Kier alpha value is -5.35. The molecule has 2 fully saturated rings. The molecule has 0 unspecified atom stereocenters. The summed E-state index contributed by atoms with van der Waals surface area (Å²) in [6, 6.07) is 13.0. The molecule has 6 amide bonds. The predicted molar refractivity (Wildman–Crippen MR) is 237 cm³/mol. The van der Waals surface area contributed by atoms with E-state index in [4.69, 9.17) is 9.47 Å². The maximum Gasteiger partial charge on any atom is 0.328 e. The maximum atomic E-state index is 14.2. The van der Waals surface area contributed by atoms with Gasteiger partial charge in [-0.2, -0.15) is 0 Å². The summed E-state index contributed by atoms with van der Waals surface area (Å²) in [6.45, 7) is 12.1. The van der Waals surface area contributed by atoms with Crippen molar-refractivity contribution in [3.8, 4) is 0 Å². The van der Waals surface area contributed by atoms with E-state index in [1.54, 1.807) is 0 Å². The molecule has 2 aliphatic heterocycles. The zero-order chi connectivity index (χ0) is 45.9. The van der Waals surface area contributed by atoms with Crippen LogP contribution in [0.5, 0.6) is 0 Å². The molecule has 0 saturated carbocycles. The minimum absolute atomic E-state index is 0.0123. The molecule has 2 aromatic rings. The molecule has 2 aromatic carbocycles. The van der Waals surface area contributed by atoms with Crippen LogP contribution in [0.2, 0.25) is 0 Å². The van der Waals surface area contributed by atoms with Crippen LogP contribution in [0.3, 0.4) is 0 Å². The van der Waals surface area contributed by atoms with Gasteiger partial charge in [0.15, 0.2) is 0 Å². The Labute approximate surface area is 372 Å². The molecule has 4 rings (SSSR count). The third-order valence-electron chi connectivity index (χ3n) is 10.9. The number of carbonyl (C=O) groups is 7. The number of amides is 6. The Morgan fingerprint density at radius 3 is 1.83 bits per heavy atom. The summed E-state index contributed by atoms with van der Waals surface area (Å²) in [5, 5.41) is 17.0. The summed E-state index contributed by atoms with van der Waals surface area (Å²) in [7, 11) is 0. The van der Waals surface area contributed by atoms with Crippen LogP contribution in [0.4, 0.5) is 0 Å². The van der Waals surface area contributed by atoms with Crippen molar-refractivity contribution in [2.24, 2.45) is 17.8 Å². The van der Waals surface area contributed by atoms with Crippen LogP contribution in [0.1, 0.15) is 97.6 Å². The van der Waals surface area contributed by atoms with Crippen LogP contribution in [-0.4, -0.2) is 109 Å². The molecule has 0 spiro atoms. The molecule has 16 nitrogen and oxygen atoms in total. The third-order valence-corrected chi connectivity index (χ3v) is 10.9. The molecule has 6 atom stereocenters. The van der Waals surface area contributed by atoms with Crippen molar-refractivity contribution >= 4 is 41.4 Å². The summed E-state index contributed by atoms with van der Waals surface area (Å²) in [5.41, 5.74) is 1.64. The summed E-state index contributed by atoms with van der Waals surface area (Å²) in [4.78, 5) is 96.7. The fraction of sp³-hybridized carbons (Fsp3) is 0.596. The number of nitrogens with zero attached hydrogens (tertiary/aromatic N) is 1. The molecule has 0 aromatic heterocycles. The predicted octanol–water partition coefficient (Wildman–Crippen LogP) is 2.88. The minimum atomic E-state index is -1.26. The lowest BCUT2D eigenvalue weighted by molar-refractivity contribution is -0.150. The minimum Gasteiger partial charge on any atom is -0.459 e. The summed E-state index contributed by atoms with van der Waals surface area (Å²) in [5.74, 6) is -3.68. The Kier molecular flexibility index (Phi) is 20.5. The first-order chi connectivity index (χ1) is 30.1. The Balaban J connectivity index is 1.46. The maximum absolute atomic E-state index is 14.2. The van der Waals surface area contributed by atoms with Crippen molar-refractivity contribution in [2.75, 3.05) is 26.2 Å². The van der Waals surface area contributed by atoms with Gasteiger partial charge in [0.1, 0.15) is 36.8 Å². The average molecular weight is 876 g/mol. The van der Waals surface area contributed by atoms with E-state index in [-0.39, 0.29) is 75.5 Å². The quantitative estimate of drug-likeness (QED) is 0.0850. The van der Waals surface area contributed by atoms with Crippen molar-refractivity contribution in [3.05, 3.63) is 71.8 Å². The summed E-state index contributed by atoms with van der Waals surface area (Å²) < 4.78 is 11.5. The fourth-order valence-corrected chi connectivity index (χ4v) is 7.72. The molecule has 346 valence electrons. The van der Waals surface area contributed by atoms with E-state index in [2.05, 4.69) is 31.9 Å². The van der Waals surface area contributed by atoms with Crippen LogP contribution in [0.25, 0.3) is 0 Å². The molecule has 0 radical (unpaired) electrons. The van der Waals surface area contributed by atoms with Gasteiger partial charge >= 0.3 is 5.97 Å². The van der Waals surface area contributed by atoms with Crippen LogP contribution in [0, 0.1) is 17.8 Å². The second-order valence-corrected chi connectivity index (χ2v) is 17.8. The van der Waals surface area contributed by atoms with E-state index in [1.807, 2.05) is 102 Å². The molecule has 2 heterocycles. The van der Waals surface area contributed by atoms with E-state index in [9.17, 15) is 33.6 Å². The van der Waals surface area contributed by atoms with Gasteiger partial charge in [-0.15, -0.1) is 0 Å². The first kappa shape index (κ1) is 50.3. The fourth-order valence-electron chi connectivity index (χ4n) is 7.72. The zero-order valence-electron chi connectivity index (χ0n) is 37.8. The van der Waals surface area contributed by atoms with E-state index in [1.165, 1.54) is 4.90 Å². The van der Waals surface area contributed by atoms with Crippen molar-refractivity contribution < 1.29 is 43.0 Å². The highest BCUT2D eigenvalue weighted by Crippen LogP contribution is 2.21. The number of benzene rings is 2. The highest BCUT2D eigenvalue weighted by molar-refractivity contribution is 5.97. The number of hydrogen-bond donors (Lipinski definition) is 6. The van der Waals surface area contributed by atoms with E-state index in [0.717, 1.165) is 24.1 Å². The van der Waals surface area contributed by atoms with E-state index in [0.29, 0.717) is 25.7 Å². The standard InChI is InChI=1S/C47H69N7O9/c1-30(2)23-36(51-45(59)40-20-14-22-54(40)46(60)37(24-31(3)4)50-41(55)26-49-42(56)35-19-13-21-48-35)43(57)53-39(29-62-27-33-15-9-7-10-16-33)44(58)52-38(25-32(5)6)47(61)63-28-34-17-11-8-12-18-34/h7-12,15-18,30-32,35-40,48H,13-14,19-29H2,1-6H3,(H,49,56)(H,50,55)(H,51,59)(H,52,58)(H,53,57)/t35-,36-,37-,38-,39-,40-/m0/s1. The smallest absolute Gasteiger partial charge is 0.328 e. The van der Waals surface area contributed by atoms with Gasteiger partial charge in [0.05, 0.1) is 25.8 Å². The SMILES string of the molecule is CC(C)C[C@H](NC(=O)[C@@H]1CCCN1C(=O)[C@H](CC(C)C)NC(=O)CNC(=O)[C@@H]1CCCN1)C(=O)N[C@@H](COCc1ccccc1)C(=O)N[C@@H](CC(C)C)C(=O)OCc1ccccc1. The van der Waals surface area contributed by atoms with E-state index < -0.39 is 65.7 Å². The number of hydrogen-bond acceptors (Lipinski definition) is 10. The van der Waals surface area contributed by atoms with Crippen LogP contribution < -0.4 is 31.9 Å². The lowest BCUT2D eigenvalue weighted by Crippen LogP contribution is -2.59. The lowest BCUT2D eigenvalue weighted by atomic mass is 10.0. The van der Waals surface area contributed by atoms with Crippen molar-refractivity contribution in [3.63, 3.8) is 0 Å². The van der Waals surface area contributed by atoms with Crippen molar-refractivity contribution in [1.29, 1.82) is 0 Å². The molecule has 2 saturated heterocycles. The van der Waals surface area contributed by atoms with Gasteiger partial charge in [0.25, 0.3) is 0 Å². The molecule has 63 heavy (non-hydrogen) atoms.